The van der Waals surface area contributed by atoms with Crippen molar-refractivity contribution >= 4 is 49.1 Å². The minimum atomic E-state index is -0.0139. The van der Waals surface area contributed by atoms with Crippen molar-refractivity contribution in [3.8, 4) is 0 Å². The Labute approximate surface area is 117 Å². The van der Waals surface area contributed by atoms with E-state index in [0.717, 1.165) is 26.0 Å². The number of amides is 1. The maximum absolute atomic E-state index is 11.8. The second-order valence-corrected chi connectivity index (χ2v) is 5.56. The first-order chi connectivity index (χ1) is 8.27. The highest BCUT2D eigenvalue weighted by molar-refractivity contribution is 14.1. The van der Waals surface area contributed by atoms with Crippen molar-refractivity contribution < 1.29 is 4.79 Å². The number of thiophene rings is 1. The summed E-state index contributed by atoms with van der Waals surface area (Å²) in [5, 5.41) is 7.07. The molecule has 4 heteroatoms. The molecule has 0 fully saturated rings. The van der Waals surface area contributed by atoms with Crippen LogP contribution in [0, 0.1) is 0 Å². The normalized spacial score (nSPS) is 16.6. The van der Waals surface area contributed by atoms with Crippen molar-refractivity contribution in [1.29, 1.82) is 0 Å². The summed E-state index contributed by atoms with van der Waals surface area (Å²) in [6.45, 7) is 0. The van der Waals surface area contributed by atoms with Crippen molar-refractivity contribution in [1.82, 2.24) is 5.32 Å². The van der Waals surface area contributed by atoms with E-state index in [1.165, 1.54) is 0 Å². The van der Waals surface area contributed by atoms with E-state index in [1.807, 2.05) is 29.6 Å². The van der Waals surface area contributed by atoms with Crippen LogP contribution >= 0.6 is 33.9 Å². The third-order valence-electron chi connectivity index (χ3n) is 2.67. The van der Waals surface area contributed by atoms with Gasteiger partial charge in [-0.25, -0.2) is 0 Å². The summed E-state index contributed by atoms with van der Waals surface area (Å²) >= 11 is 3.94. The second-order valence-electron chi connectivity index (χ2n) is 3.70. The van der Waals surface area contributed by atoms with E-state index < -0.39 is 0 Å². The zero-order chi connectivity index (χ0) is 11.8. The third-order valence-corrected chi connectivity index (χ3v) is 4.52. The van der Waals surface area contributed by atoms with Gasteiger partial charge in [0.1, 0.15) is 0 Å². The first-order valence-corrected chi connectivity index (χ1v) is 7.12. The minimum Gasteiger partial charge on any atom is -0.320 e. The quantitative estimate of drug-likeness (QED) is 0.778. The highest BCUT2D eigenvalue weighted by atomic mass is 127. The largest absolute Gasteiger partial charge is 0.320 e. The lowest BCUT2D eigenvalue weighted by molar-refractivity contribution is 0.0981. The summed E-state index contributed by atoms with van der Waals surface area (Å²) in [6, 6.07) is 9.74. The van der Waals surface area contributed by atoms with Crippen LogP contribution in [0.25, 0.3) is 9.28 Å². The average Bonchev–Trinajstić information content (AvgIpc) is 2.97. The van der Waals surface area contributed by atoms with Crippen LogP contribution in [-0.2, 0) is 0 Å². The molecule has 0 saturated carbocycles. The second kappa shape index (κ2) is 4.27. The Hall–Kier alpha value is -1.14. The number of rotatable bonds is 1. The minimum absolute atomic E-state index is 0.0139. The topological polar surface area (TPSA) is 29.1 Å². The van der Waals surface area contributed by atoms with E-state index >= 15 is 0 Å². The third kappa shape index (κ3) is 1.81. The first kappa shape index (κ1) is 11.0. The van der Waals surface area contributed by atoms with Gasteiger partial charge in [-0.2, -0.15) is 11.3 Å². The molecule has 0 unspecified atom stereocenters. The Morgan fingerprint density at radius 2 is 1.94 bits per heavy atom. The molecule has 17 heavy (non-hydrogen) atoms. The van der Waals surface area contributed by atoms with E-state index in [4.69, 9.17) is 0 Å². The molecule has 84 valence electrons. The van der Waals surface area contributed by atoms with Crippen LogP contribution < -0.4 is 5.32 Å². The van der Waals surface area contributed by atoms with Crippen molar-refractivity contribution in [2.45, 2.75) is 0 Å². The maximum atomic E-state index is 11.8. The molecule has 0 aliphatic carbocycles. The molecule has 1 aromatic heterocycles. The fourth-order valence-corrected chi connectivity index (χ4v) is 3.47. The van der Waals surface area contributed by atoms with Crippen molar-refractivity contribution in [2.24, 2.45) is 0 Å². The van der Waals surface area contributed by atoms with E-state index in [2.05, 4.69) is 39.4 Å². The van der Waals surface area contributed by atoms with Gasteiger partial charge in [0.2, 0.25) is 0 Å². The molecule has 1 aromatic carbocycles. The lowest BCUT2D eigenvalue weighted by atomic mass is 10.1. The van der Waals surface area contributed by atoms with Gasteiger partial charge in [0.05, 0.1) is 5.70 Å². The van der Waals surface area contributed by atoms with E-state index in [1.54, 1.807) is 11.3 Å². The highest BCUT2D eigenvalue weighted by Crippen LogP contribution is 2.35. The molecule has 2 nitrogen and oxygen atoms in total. The van der Waals surface area contributed by atoms with Gasteiger partial charge in [0.25, 0.3) is 5.91 Å². The molecule has 1 amide bonds. The SMILES string of the molecule is O=C1N/C(=C(\I)c2ccsc2)c2ccccc21. The lowest BCUT2D eigenvalue weighted by Crippen LogP contribution is -2.12. The van der Waals surface area contributed by atoms with Gasteiger partial charge in [-0.15, -0.1) is 0 Å². The van der Waals surface area contributed by atoms with Crippen LogP contribution in [0.5, 0.6) is 0 Å². The number of fused-ring (bicyclic) bond motifs is 1. The Morgan fingerprint density at radius 1 is 1.18 bits per heavy atom. The van der Waals surface area contributed by atoms with Gasteiger partial charge in [-0.1, -0.05) is 18.2 Å². The molecule has 0 saturated heterocycles. The first-order valence-electron chi connectivity index (χ1n) is 5.10. The van der Waals surface area contributed by atoms with Crippen LogP contribution in [0.15, 0.2) is 41.1 Å². The number of hydrogen-bond acceptors (Lipinski definition) is 2. The summed E-state index contributed by atoms with van der Waals surface area (Å²) in [4.78, 5) is 11.8. The predicted molar refractivity (Wildman–Crippen MR) is 79.1 cm³/mol. The van der Waals surface area contributed by atoms with Gasteiger partial charge < -0.3 is 5.32 Å². The van der Waals surface area contributed by atoms with Crippen LogP contribution in [0.2, 0.25) is 0 Å². The predicted octanol–water partition coefficient (Wildman–Crippen LogP) is 3.75. The molecule has 2 heterocycles. The van der Waals surface area contributed by atoms with Crippen molar-refractivity contribution in [3.63, 3.8) is 0 Å². The molecule has 1 N–H and O–H groups in total. The summed E-state index contributed by atoms with van der Waals surface area (Å²) in [5.41, 5.74) is 3.83. The average molecular weight is 353 g/mol. The fourth-order valence-electron chi connectivity index (χ4n) is 1.85. The number of carbonyl (C=O) groups excluding carboxylic acids is 1. The number of halogens is 1. The van der Waals surface area contributed by atoms with Crippen molar-refractivity contribution in [2.75, 3.05) is 0 Å². The molecule has 0 atom stereocenters. The van der Waals surface area contributed by atoms with E-state index in [0.29, 0.717) is 0 Å². The van der Waals surface area contributed by atoms with E-state index in [9.17, 15) is 4.79 Å². The van der Waals surface area contributed by atoms with Gasteiger partial charge in [-0.3, -0.25) is 4.79 Å². The standard InChI is InChI=1S/C13H8INOS/c14-11(8-5-6-17-7-8)12-9-3-1-2-4-10(9)13(16)15-12/h1-7H,(H,15,16)/b12-11-. The highest BCUT2D eigenvalue weighted by Gasteiger charge is 2.25. The zero-order valence-corrected chi connectivity index (χ0v) is 11.7. The smallest absolute Gasteiger partial charge is 0.256 e. The number of nitrogens with one attached hydrogen (secondary N) is 1. The zero-order valence-electron chi connectivity index (χ0n) is 8.74. The summed E-state index contributed by atoms with van der Waals surface area (Å²) < 4.78 is 1.09. The van der Waals surface area contributed by atoms with Gasteiger partial charge in [0, 0.05) is 20.3 Å². The number of benzene rings is 1. The summed E-state index contributed by atoms with van der Waals surface area (Å²) in [7, 11) is 0. The van der Waals surface area contributed by atoms with E-state index in [-0.39, 0.29) is 5.91 Å². The monoisotopic (exact) mass is 353 g/mol. The van der Waals surface area contributed by atoms with Crippen molar-refractivity contribution in [3.05, 3.63) is 57.8 Å². The molecule has 2 aromatic rings. The molecule has 1 aliphatic heterocycles. The molecule has 0 bridgehead atoms. The lowest BCUT2D eigenvalue weighted by Gasteiger charge is -2.03. The molecular formula is C13H8INOS. The summed E-state index contributed by atoms with van der Waals surface area (Å²) in [6.07, 6.45) is 0. The molecule has 1 aliphatic rings. The Bertz CT molecular complexity index is 616. The number of carbonyl (C=O) groups is 1. The van der Waals surface area contributed by atoms with Crippen LogP contribution in [0.4, 0.5) is 0 Å². The molecular weight excluding hydrogens is 345 g/mol. The Morgan fingerprint density at radius 3 is 2.65 bits per heavy atom. The Balaban J connectivity index is 2.19. The maximum Gasteiger partial charge on any atom is 0.256 e. The van der Waals surface area contributed by atoms with Gasteiger partial charge >= 0.3 is 0 Å². The molecule has 3 rings (SSSR count). The van der Waals surface area contributed by atoms with Gasteiger partial charge in [-0.05, 0) is 45.5 Å². The van der Waals surface area contributed by atoms with Crippen LogP contribution in [0.3, 0.4) is 0 Å². The van der Waals surface area contributed by atoms with Crippen LogP contribution in [0.1, 0.15) is 21.5 Å². The van der Waals surface area contributed by atoms with Crippen LogP contribution in [-0.4, -0.2) is 5.91 Å². The number of hydrogen-bond donors (Lipinski definition) is 1. The molecule has 0 spiro atoms. The molecule has 0 radical (unpaired) electrons. The van der Waals surface area contributed by atoms with Gasteiger partial charge in [0.15, 0.2) is 0 Å². The summed E-state index contributed by atoms with van der Waals surface area (Å²) in [5.74, 6) is -0.0139. The fraction of sp³-hybridized carbons (Fsp3) is 0. The Kier molecular flexibility index (Phi) is 2.76.